The van der Waals surface area contributed by atoms with Crippen molar-refractivity contribution in [3.05, 3.63) is 0 Å². The second kappa shape index (κ2) is 6.12. The smallest absolute Gasteiger partial charge is 0.329 e. The number of rotatable bonds is 4. The molecular formula is C15H26N2O3. The Labute approximate surface area is 120 Å². The Morgan fingerprint density at radius 1 is 1.30 bits per heavy atom. The van der Waals surface area contributed by atoms with E-state index in [9.17, 15) is 14.7 Å². The Hall–Kier alpha value is -1.10. The van der Waals surface area contributed by atoms with E-state index in [2.05, 4.69) is 0 Å². The van der Waals surface area contributed by atoms with Gasteiger partial charge in [-0.2, -0.15) is 0 Å². The standard InChI is InChI=1S/C15H26N2O3/c1-15(14(19)20)8-5-9-17(15)13(18)12(16)10-11-6-3-2-4-7-11/h11-12H,2-10,16H2,1H3,(H,19,20)/t12-,15+/m1/s1. The van der Waals surface area contributed by atoms with Gasteiger partial charge in [0.1, 0.15) is 5.54 Å². The number of carboxylic acid groups (broad SMARTS) is 1. The second-order valence-electron chi connectivity index (χ2n) is 6.52. The molecule has 0 aromatic rings. The van der Waals surface area contributed by atoms with Gasteiger partial charge in [0.15, 0.2) is 0 Å². The summed E-state index contributed by atoms with van der Waals surface area (Å²) in [7, 11) is 0. The first-order valence-corrected chi connectivity index (χ1v) is 7.75. The number of likely N-dealkylation sites (tertiary alicyclic amines) is 1. The lowest BCUT2D eigenvalue weighted by molar-refractivity contribution is -0.156. The van der Waals surface area contributed by atoms with Crippen molar-refractivity contribution in [2.45, 2.75) is 69.9 Å². The van der Waals surface area contributed by atoms with Crippen LogP contribution >= 0.6 is 0 Å². The topological polar surface area (TPSA) is 83.6 Å². The lowest BCUT2D eigenvalue weighted by Crippen LogP contribution is -2.55. The highest BCUT2D eigenvalue weighted by Gasteiger charge is 2.47. The summed E-state index contributed by atoms with van der Waals surface area (Å²) >= 11 is 0. The summed E-state index contributed by atoms with van der Waals surface area (Å²) in [6, 6.07) is -0.546. The van der Waals surface area contributed by atoms with Gasteiger partial charge in [0.2, 0.25) is 5.91 Å². The van der Waals surface area contributed by atoms with Gasteiger partial charge in [0, 0.05) is 6.54 Å². The Morgan fingerprint density at radius 3 is 2.55 bits per heavy atom. The first-order chi connectivity index (χ1) is 9.45. The van der Waals surface area contributed by atoms with Crippen LogP contribution < -0.4 is 5.73 Å². The molecule has 1 aliphatic carbocycles. The molecule has 5 nitrogen and oxygen atoms in total. The molecule has 2 aliphatic rings. The zero-order chi connectivity index (χ0) is 14.8. The molecule has 0 spiro atoms. The van der Waals surface area contributed by atoms with Crippen molar-refractivity contribution < 1.29 is 14.7 Å². The second-order valence-corrected chi connectivity index (χ2v) is 6.52. The molecule has 3 N–H and O–H groups in total. The SMILES string of the molecule is C[C@@]1(C(=O)O)CCCN1C(=O)[C@H](N)CC1CCCCC1. The van der Waals surface area contributed by atoms with Crippen molar-refractivity contribution in [3.8, 4) is 0 Å². The lowest BCUT2D eigenvalue weighted by Gasteiger charge is -2.34. The highest BCUT2D eigenvalue weighted by molar-refractivity contribution is 5.89. The number of hydrogen-bond acceptors (Lipinski definition) is 3. The van der Waals surface area contributed by atoms with E-state index in [-0.39, 0.29) is 5.91 Å². The van der Waals surface area contributed by atoms with Crippen LogP contribution in [-0.4, -0.2) is 40.0 Å². The quantitative estimate of drug-likeness (QED) is 0.823. The predicted molar refractivity (Wildman–Crippen MR) is 76.2 cm³/mol. The number of aliphatic carboxylic acids is 1. The minimum absolute atomic E-state index is 0.182. The third-order valence-corrected chi connectivity index (χ3v) is 5.00. The van der Waals surface area contributed by atoms with Crippen LogP contribution in [0.1, 0.15) is 58.3 Å². The summed E-state index contributed by atoms with van der Waals surface area (Å²) in [5.41, 5.74) is 5.00. The van der Waals surface area contributed by atoms with Crippen molar-refractivity contribution in [3.63, 3.8) is 0 Å². The number of nitrogens with two attached hydrogens (primary N) is 1. The van der Waals surface area contributed by atoms with Crippen molar-refractivity contribution in [1.82, 2.24) is 4.90 Å². The number of hydrogen-bond donors (Lipinski definition) is 2. The Morgan fingerprint density at radius 2 is 1.95 bits per heavy atom. The molecule has 20 heavy (non-hydrogen) atoms. The molecule has 0 bridgehead atoms. The highest BCUT2D eigenvalue weighted by atomic mass is 16.4. The zero-order valence-electron chi connectivity index (χ0n) is 12.3. The summed E-state index contributed by atoms with van der Waals surface area (Å²) in [5.74, 6) is -0.576. The molecule has 0 unspecified atom stereocenters. The molecule has 1 aliphatic heterocycles. The van der Waals surface area contributed by atoms with Crippen LogP contribution in [0.3, 0.4) is 0 Å². The minimum Gasteiger partial charge on any atom is -0.480 e. The molecule has 1 saturated heterocycles. The first kappa shape index (κ1) is 15.3. The van der Waals surface area contributed by atoms with Gasteiger partial charge in [-0.05, 0) is 32.1 Å². The molecule has 5 heteroatoms. The van der Waals surface area contributed by atoms with E-state index in [4.69, 9.17) is 5.73 Å². The van der Waals surface area contributed by atoms with Gasteiger partial charge >= 0.3 is 5.97 Å². The molecule has 0 aromatic heterocycles. The maximum absolute atomic E-state index is 12.5. The summed E-state index contributed by atoms with van der Waals surface area (Å²) in [6.07, 6.45) is 7.99. The molecule has 0 radical (unpaired) electrons. The molecule has 2 fully saturated rings. The van der Waals surface area contributed by atoms with Gasteiger partial charge in [-0.15, -0.1) is 0 Å². The lowest BCUT2D eigenvalue weighted by atomic mass is 9.84. The highest BCUT2D eigenvalue weighted by Crippen LogP contribution is 2.32. The van der Waals surface area contributed by atoms with E-state index in [1.807, 2.05) is 0 Å². The fourth-order valence-electron chi connectivity index (χ4n) is 3.62. The maximum atomic E-state index is 12.5. The predicted octanol–water partition coefficient (Wildman–Crippen LogP) is 1.75. The average Bonchev–Trinajstić information content (AvgIpc) is 2.82. The Bertz CT molecular complexity index is 379. The first-order valence-electron chi connectivity index (χ1n) is 7.75. The molecule has 1 amide bonds. The maximum Gasteiger partial charge on any atom is 0.329 e. The van der Waals surface area contributed by atoms with E-state index < -0.39 is 17.6 Å². The van der Waals surface area contributed by atoms with Crippen molar-refractivity contribution >= 4 is 11.9 Å². The number of carbonyl (C=O) groups excluding carboxylic acids is 1. The third kappa shape index (κ3) is 2.97. The van der Waals surface area contributed by atoms with Crippen LogP contribution in [-0.2, 0) is 9.59 Å². The number of nitrogens with zero attached hydrogens (tertiary/aromatic N) is 1. The minimum atomic E-state index is -1.07. The fourth-order valence-corrected chi connectivity index (χ4v) is 3.62. The van der Waals surface area contributed by atoms with Gasteiger partial charge in [0.25, 0.3) is 0 Å². The van der Waals surface area contributed by atoms with Gasteiger partial charge in [-0.25, -0.2) is 4.79 Å². The molecule has 114 valence electrons. The molecule has 2 atom stereocenters. The largest absolute Gasteiger partial charge is 0.480 e. The Balaban J connectivity index is 1.97. The molecule has 1 heterocycles. The van der Waals surface area contributed by atoms with E-state index in [0.717, 1.165) is 19.3 Å². The Kier molecular flexibility index (Phi) is 4.68. The molecule has 0 aromatic carbocycles. The monoisotopic (exact) mass is 282 g/mol. The normalized spacial score (nSPS) is 29.4. The van der Waals surface area contributed by atoms with Crippen LogP contribution in [0.5, 0.6) is 0 Å². The summed E-state index contributed by atoms with van der Waals surface area (Å²) in [4.78, 5) is 25.4. The van der Waals surface area contributed by atoms with E-state index in [1.165, 1.54) is 24.2 Å². The van der Waals surface area contributed by atoms with E-state index in [1.54, 1.807) is 6.92 Å². The van der Waals surface area contributed by atoms with Crippen LogP contribution in [0.15, 0.2) is 0 Å². The average molecular weight is 282 g/mol. The van der Waals surface area contributed by atoms with Crippen molar-refractivity contribution in [2.75, 3.05) is 6.54 Å². The van der Waals surface area contributed by atoms with Gasteiger partial charge < -0.3 is 15.7 Å². The fraction of sp³-hybridized carbons (Fsp3) is 0.867. The summed E-state index contributed by atoms with van der Waals surface area (Å²) in [6.45, 7) is 2.15. The van der Waals surface area contributed by atoms with Crippen LogP contribution in [0.2, 0.25) is 0 Å². The molecule has 2 rings (SSSR count). The summed E-state index contributed by atoms with van der Waals surface area (Å²) in [5, 5.41) is 9.36. The van der Waals surface area contributed by atoms with E-state index in [0.29, 0.717) is 25.3 Å². The molecular weight excluding hydrogens is 256 g/mol. The van der Waals surface area contributed by atoms with Crippen molar-refractivity contribution in [2.24, 2.45) is 11.7 Å². The number of carboxylic acids is 1. The summed E-state index contributed by atoms with van der Waals surface area (Å²) < 4.78 is 0. The van der Waals surface area contributed by atoms with E-state index >= 15 is 0 Å². The van der Waals surface area contributed by atoms with Gasteiger partial charge in [-0.3, -0.25) is 4.79 Å². The zero-order valence-corrected chi connectivity index (χ0v) is 12.3. The number of amides is 1. The number of carbonyl (C=O) groups is 2. The van der Waals surface area contributed by atoms with Crippen LogP contribution in [0, 0.1) is 5.92 Å². The van der Waals surface area contributed by atoms with Crippen LogP contribution in [0.25, 0.3) is 0 Å². The molecule has 1 saturated carbocycles. The van der Waals surface area contributed by atoms with Gasteiger partial charge in [-0.1, -0.05) is 32.1 Å². The van der Waals surface area contributed by atoms with Crippen LogP contribution in [0.4, 0.5) is 0 Å². The van der Waals surface area contributed by atoms with Crippen molar-refractivity contribution in [1.29, 1.82) is 0 Å². The third-order valence-electron chi connectivity index (χ3n) is 5.00. The van der Waals surface area contributed by atoms with Gasteiger partial charge in [0.05, 0.1) is 6.04 Å².